The molecule has 3 rings (SSSR count). The highest BCUT2D eigenvalue weighted by Gasteiger charge is 2.39. The van der Waals surface area contributed by atoms with Crippen molar-refractivity contribution in [1.82, 2.24) is 0 Å². The van der Waals surface area contributed by atoms with Gasteiger partial charge in [0.15, 0.2) is 0 Å². The molecule has 1 N–H and O–H groups in total. The van der Waals surface area contributed by atoms with Crippen LogP contribution in [-0.2, 0) is 0 Å². The van der Waals surface area contributed by atoms with E-state index in [9.17, 15) is 0 Å². The van der Waals surface area contributed by atoms with Gasteiger partial charge in [-0.25, -0.2) is 0 Å². The van der Waals surface area contributed by atoms with Gasteiger partial charge in [0, 0.05) is 6.04 Å². The fourth-order valence-electron chi connectivity index (χ4n) is 3.64. The Labute approximate surface area is 110 Å². The van der Waals surface area contributed by atoms with Crippen LogP contribution >= 0.6 is 0 Å². The Morgan fingerprint density at radius 3 is 2.83 bits per heavy atom. The van der Waals surface area contributed by atoms with Gasteiger partial charge >= 0.3 is 0 Å². The van der Waals surface area contributed by atoms with E-state index in [1.54, 1.807) is 0 Å². The molecule has 0 radical (unpaired) electrons. The summed E-state index contributed by atoms with van der Waals surface area (Å²) >= 11 is 0. The first-order valence-corrected chi connectivity index (χ1v) is 7.26. The second-order valence-electron chi connectivity index (χ2n) is 5.86. The maximum atomic E-state index is 5.75. The molecule has 1 aromatic carbocycles. The molecule has 2 fully saturated rings. The van der Waals surface area contributed by atoms with Crippen LogP contribution in [0.25, 0.3) is 0 Å². The fourth-order valence-corrected chi connectivity index (χ4v) is 3.64. The van der Waals surface area contributed by atoms with E-state index in [1.807, 2.05) is 6.92 Å². The van der Waals surface area contributed by atoms with Crippen molar-refractivity contribution in [2.75, 3.05) is 11.9 Å². The Bertz CT molecular complexity index is 429. The standard InChI is InChI=1S/C16H23NO/c1-3-18-16-8-11(2)4-7-14(16)17-15-10-12-5-6-13(15)9-12/h4,7-8,12-13,15,17H,3,5-6,9-10H2,1-2H3. The lowest BCUT2D eigenvalue weighted by Gasteiger charge is -2.25. The van der Waals surface area contributed by atoms with Crippen LogP contribution in [0.1, 0.15) is 38.2 Å². The number of aryl methyl sites for hydroxylation is 1. The number of benzene rings is 1. The minimum atomic E-state index is 0.672. The van der Waals surface area contributed by atoms with Crippen LogP contribution < -0.4 is 10.1 Å². The molecule has 2 aliphatic carbocycles. The fraction of sp³-hybridized carbons (Fsp3) is 0.625. The molecule has 0 amide bonds. The average Bonchev–Trinajstić information content (AvgIpc) is 2.95. The second kappa shape index (κ2) is 4.83. The summed E-state index contributed by atoms with van der Waals surface area (Å²) in [4.78, 5) is 0. The molecule has 2 bridgehead atoms. The molecule has 2 saturated carbocycles. The minimum Gasteiger partial charge on any atom is -0.492 e. The Hall–Kier alpha value is -1.18. The Kier molecular flexibility index (Phi) is 3.19. The summed E-state index contributed by atoms with van der Waals surface area (Å²) in [5.41, 5.74) is 2.44. The van der Waals surface area contributed by atoms with E-state index >= 15 is 0 Å². The predicted molar refractivity (Wildman–Crippen MR) is 75.2 cm³/mol. The molecule has 3 atom stereocenters. The largest absolute Gasteiger partial charge is 0.492 e. The number of hydrogen-bond acceptors (Lipinski definition) is 2. The van der Waals surface area contributed by atoms with E-state index in [0.717, 1.165) is 24.2 Å². The van der Waals surface area contributed by atoms with Crippen LogP contribution in [0.5, 0.6) is 5.75 Å². The van der Waals surface area contributed by atoms with Crippen LogP contribution in [-0.4, -0.2) is 12.6 Å². The zero-order chi connectivity index (χ0) is 12.5. The third-order valence-corrected chi connectivity index (χ3v) is 4.52. The van der Waals surface area contributed by atoms with Gasteiger partial charge in [-0.3, -0.25) is 0 Å². The summed E-state index contributed by atoms with van der Waals surface area (Å²) < 4.78 is 5.75. The van der Waals surface area contributed by atoms with Gasteiger partial charge in [-0.2, -0.15) is 0 Å². The Morgan fingerprint density at radius 1 is 1.28 bits per heavy atom. The molecule has 2 aliphatic rings. The van der Waals surface area contributed by atoms with Gasteiger partial charge in [0.25, 0.3) is 0 Å². The quantitative estimate of drug-likeness (QED) is 0.866. The van der Waals surface area contributed by atoms with Gasteiger partial charge in [0.1, 0.15) is 5.75 Å². The summed E-state index contributed by atoms with van der Waals surface area (Å²) in [6.45, 7) is 4.89. The van der Waals surface area contributed by atoms with E-state index in [2.05, 4.69) is 30.4 Å². The molecule has 0 spiro atoms. The summed E-state index contributed by atoms with van der Waals surface area (Å²) in [5.74, 6) is 2.89. The topological polar surface area (TPSA) is 21.3 Å². The van der Waals surface area contributed by atoms with Crippen molar-refractivity contribution < 1.29 is 4.74 Å². The van der Waals surface area contributed by atoms with E-state index < -0.39 is 0 Å². The van der Waals surface area contributed by atoms with Crippen molar-refractivity contribution >= 4 is 5.69 Å². The molecule has 0 heterocycles. The molecule has 0 aromatic heterocycles. The molecule has 3 unspecified atom stereocenters. The summed E-state index contributed by atoms with van der Waals surface area (Å²) in [7, 11) is 0. The lowest BCUT2D eigenvalue weighted by atomic mass is 9.95. The molecular weight excluding hydrogens is 222 g/mol. The number of anilines is 1. The number of nitrogens with one attached hydrogen (secondary N) is 1. The first-order valence-electron chi connectivity index (χ1n) is 7.26. The zero-order valence-electron chi connectivity index (χ0n) is 11.4. The third-order valence-electron chi connectivity index (χ3n) is 4.52. The molecule has 0 saturated heterocycles. The highest BCUT2D eigenvalue weighted by atomic mass is 16.5. The predicted octanol–water partition coefficient (Wildman–Crippen LogP) is 3.99. The minimum absolute atomic E-state index is 0.672. The van der Waals surface area contributed by atoms with Crippen LogP contribution in [0.4, 0.5) is 5.69 Å². The molecular formula is C16H23NO. The van der Waals surface area contributed by atoms with Crippen molar-refractivity contribution in [2.45, 2.75) is 45.6 Å². The Balaban J connectivity index is 1.75. The molecule has 98 valence electrons. The van der Waals surface area contributed by atoms with E-state index in [4.69, 9.17) is 4.74 Å². The van der Waals surface area contributed by atoms with E-state index in [1.165, 1.54) is 36.9 Å². The maximum Gasteiger partial charge on any atom is 0.142 e. The van der Waals surface area contributed by atoms with Gasteiger partial charge in [-0.1, -0.05) is 12.5 Å². The highest BCUT2D eigenvalue weighted by molar-refractivity contribution is 5.58. The van der Waals surface area contributed by atoms with Crippen LogP contribution in [0.15, 0.2) is 18.2 Å². The SMILES string of the molecule is CCOc1cc(C)ccc1NC1CC2CCC1C2. The van der Waals surface area contributed by atoms with Crippen molar-refractivity contribution in [2.24, 2.45) is 11.8 Å². The van der Waals surface area contributed by atoms with Gasteiger partial charge < -0.3 is 10.1 Å². The third kappa shape index (κ3) is 2.21. The van der Waals surface area contributed by atoms with Gasteiger partial charge in [-0.15, -0.1) is 0 Å². The maximum absolute atomic E-state index is 5.75. The van der Waals surface area contributed by atoms with E-state index in [-0.39, 0.29) is 0 Å². The Morgan fingerprint density at radius 2 is 2.17 bits per heavy atom. The zero-order valence-corrected chi connectivity index (χ0v) is 11.4. The van der Waals surface area contributed by atoms with Crippen molar-refractivity contribution in [3.05, 3.63) is 23.8 Å². The average molecular weight is 245 g/mol. The monoisotopic (exact) mass is 245 g/mol. The molecule has 2 heteroatoms. The number of rotatable bonds is 4. The smallest absolute Gasteiger partial charge is 0.142 e. The summed E-state index contributed by atoms with van der Waals surface area (Å²) in [5, 5.41) is 3.73. The van der Waals surface area contributed by atoms with E-state index in [0.29, 0.717) is 6.04 Å². The van der Waals surface area contributed by atoms with Gasteiger partial charge in [0.2, 0.25) is 0 Å². The number of hydrogen-bond donors (Lipinski definition) is 1. The van der Waals surface area contributed by atoms with Crippen LogP contribution in [0, 0.1) is 18.8 Å². The summed E-state index contributed by atoms with van der Waals surface area (Å²) in [6.07, 6.45) is 5.66. The van der Waals surface area contributed by atoms with Crippen LogP contribution in [0.3, 0.4) is 0 Å². The first kappa shape index (κ1) is 11.9. The first-order chi connectivity index (χ1) is 8.76. The molecule has 18 heavy (non-hydrogen) atoms. The lowest BCUT2D eigenvalue weighted by molar-refractivity contribution is 0.340. The summed E-state index contributed by atoms with van der Waals surface area (Å²) in [6, 6.07) is 7.15. The molecule has 1 aromatic rings. The number of ether oxygens (including phenoxy) is 1. The highest BCUT2D eigenvalue weighted by Crippen LogP contribution is 2.46. The van der Waals surface area contributed by atoms with Gasteiger partial charge in [-0.05, 0) is 62.6 Å². The lowest BCUT2D eigenvalue weighted by Crippen LogP contribution is -2.26. The second-order valence-corrected chi connectivity index (χ2v) is 5.86. The normalized spacial score (nSPS) is 29.6. The van der Waals surface area contributed by atoms with Crippen molar-refractivity contribution in [1.29, 1.82) is 0 Å². The number of fused-ring (bicyclic) bond motifs is 2. The van der Waals surface area contributed by atoms with Crippen molar-refractivity contribution in [3.63, 3.8) is 0 Å². The molecule has 2 nitrogen and oxygen atoms in total. The van der Waals surface area contributed by atoms with Crippen molar-refractivity contribution in [3.8, 4) is 5.75 Å². The van der Waals surface area contributed by atoms with Crippen LogP contribution in [0.2, 0.25) is 0 Å². The van der Waals surface area contributed by atoms with Gasteiger partial charge in [0.05, 0.1) is 12.3 Å². The molecule has 0 aliphatic heterocycles.